The first-order valence-electron chi connectivity index (χ1n) is 17.7. The summed E-state index contributed by atoms with van der Waals surface area (Å²) in [5.74, 6) is 0.859. The molecule has 2 heterocycles. The van der Waals surface area contributed by atoms with Crippen molar-refractivity contribution in [2.45, 2.75) is 26.7 Å². The molecule has 2 heteroatoms. The summed E-state index contributed by atoms with van der Waals surface area (Å²) in [6.45, 7) is 9.35. The second kappa shape index (κ2) is 15.6. The zero-order valence-corrected chi connectivity index (χ0v) is 29.4. The predicted octanol–water partition coefficient (Wildman–Crippen LogP) is 12.5. The zero-order chi connectivity index (χ0) is 35.0. The molecule has 0 bridgehead atoms. The maximum atomic E-state index is 6.32. The molecule has 5 aromatic rings. The van der Waals surface area contributed by atoms with Gasteiger partial charge in [0.05, 0.1) is 0 Å². The summed E-state index contributed by atoms with van der Waals surface area (Å²) in [5, 5.41) is 4.69. The number of benzene rings is 4. The Morgan fingerprint density at radius 1 is 0.706 bits per heavy atom. The van der Waals surface area contributed by atoms with Crippen LogP contribution in [0.5, 0.6) is 0 Å². The van der Waals surface area contributed by atoms with Crippen molar-refractivity contribution in [2.24, 2.45) is 0 Å². The van der Waals surface area contributed by atoms with Gasteiger partial charge >= 0.3 is 0 Å². The average molecular weight is 662 g/mol. The smallest absolute Gasteiger partial charge is 0.135 e. The number of allylic oxidation sites excluding steroid dienone is 12. The molecule has 0 spiro atoms. The molecule has 0 amide bonds. The quantitative estimate of drug-likeness (QED) is 0.208. The van der Waals surface area contributed by atoms with Gasteiger partial charge in [0.2, 0.25) is 0 Å². The third-order valence-electron chi connectivity index (χ3n) is 9.59. The molecule has 7 rings (SSSR count). The van der Waals surface area contributed by atoms with Crippen molar-refractivity contribution in [3.05, 3.63) is 214 Å². The average Bonchev–Trinajstić information content (AvgIpc) is 3.50. The van der Waals surface area contributed by atoms with Gasteiger partial charge in [-0.3, -0.25) is 0 Å². The molecule has 51 heavy (non-hydrogen) atoms. The normalized spacial score (nSPS) is 20.3. The largest absolute Gasteiger partial charge is 0.456 e. The van der Waals surface area contributed by atoms with E-state index >= 15 is 0 Å². The molecule has 250 valence electrons. The molecule has 0 fully saturated rings. The molecule has 1 N–H and O–H groups in total. The summed E-state index contributed by atoms with van der Waals surface area (Å²) in [5.41, 5.74) is 15.0. The number of para-hydroxylation sites is 1. The van der Waals surface area contributed by atoms with Gasteiger partial charge in [-0.25, -0.2) is 0 Å². The van der Waals surface area contributed by atoms with Crippen LogP contribution < -0.4 is 5.32 Å². The summed E-state index contributed by atoms with van der Waals surface area (Å²) in [4.78, 5) is 0. The lowest BCUT2D eigenvalue weighted by Gasteiger charge is -2.14. The van der Waals surface area contributed by atoms with Crippen molar-refractivity contribution < 1.29 is 4.42 Å². The van der Waals surface area contributed by atoms with E-state index in [0.29, 0.717) is 6.54 Å². The van der Waals surface area contributed by atoms with Crippen LogP contribution in [0.3, 0.4) is 0 Å². The van der Waals surface area contributed by atoms with E-state index in [4.69, 9.17) is 4.42 Å². The van der Waals surface area contributed by atoms with E-state index in [9.17, 15) is 0 Å². The van der Waals surface area contributed by atoms with Crippen molar-refractivity contribution in [2.75, 3.05) is 6.54 Å². The Labute approximate surface area is 302 Å². The van der Waals surface area contributed by atoms with Crippen LogP contribution in [0.2, 0.25) is 0 Å². The van der Waals surface area contributed by atoms with E-state index in [1.165, 1.54) is 44.5 Å². The highest BCUT2D eigenvalue weighted by atomic mass is 16.3. The van der Waals surface area contributed by atoms with Gasteiger partial charge in [-0.05, 0) is 101 Å². The van der Waals surface area contributed by atoms with Gasteiger partial charge in [0.15, 0.2) is 0 Å². The topological polar surface area (TPSA) is 25.2 Å². The maximum Gasteiger partial charge on any atom is 0.135 e. The monoisotopic (exact) mass is 661 g/mol. The van der Waals surface area contributed by atoms with E-state index in [2.05, 4.69) is 184 Å². The minimum atomic E-state index is 0.713. The molecule has 1 aliphatic heterocycles. The third kappa shape index (κ3) is 7.87. The molecule has 0 saturated heterocycles. The van der Waals surface area contributed by atoms with Crippen LogP contribution in [0.4, 0.5) is 0 Å². The molecule has 0 atom stereocenters. The van der Waals surface area contributed by atoms with Gasteiger partial charge < -0.3 is 9.73 Å². The lowest BCUT2D eigenvalue weighted by Crippen LogP contribution is -2.10. The van der Waals surface area contributed by atoms with Crippen LogP contribution in [0, 0.1) is 0 Å². The van der Waals surface area contributed by atoms with Crippen molar-refractivity contribution >= 4 is 46.4 Å². The Balaban J connectivity index is 1.19. The van der Waals surface area contributed by atoms with Crippen LogP contribution in [-0.4, -0.2) is 6.54 Å². The van der Waals surface area contributed by atoms with Crippen LogP contribution in [-0.2, 0) is 12.8 Å². The van der Waals surface area contributed by atoms with E-state index < -0.39 is 0 Å². The minimum absolute atomic E-state index is 0.713. The third-order valence-corrected chi connectivity index (χ3v) is 9.59. The van der Waals surface area contributed by atoms with E-state index in [1.807, 2.05) is 12.1 Å². The second-order valence-corrected chi connectivity index (χ2v) is 13.1. The Morgan fingerprint density at radius 3 is 2.37 bits per heavy atom. The van der Waals surface area contributed by atoms with Crippen LogP contribution in [0.15, 0.2) is 174 Å². The first-order valence-corrected chi connectivity index (χ1v) is 17.7. The number of hydrogen-bond donors (Lipinski definition) is 1. The van der Waals surface area contributed by atoms with Gasteiger partial charge in [-0.2, -0.15) is 0 Å². The van der Waals surface area contributed by atoms with Gasteiger partial charge in [0.1, 0.15) is 11.3 Å². The van der Waals surface area contributed by atoms with Crippen LogP contribution >= 0.6 is 0 Å². The number of hydrogen-bond acceptors (Lipinski definition) is 2. The van der Waals surface area contributed by atoms with E-state index in [0.717, 1.165) is 52.0 Å². The van der Waals surface area contributed by atoms with Crippen LogP contribution in [0.1, 0.15) is 58.6 Å². The first-order chi connectivity index (χ1) is 25.0. The Bertz CT molecular complexity index is 2330. The van der Waals surface area contributed by atoms with Crippen molar-refractivity contribution in [1.29, 1.82) is 0 Å². The first kappa shape index (κ1) is 33.4. The fourth-order valence-electron chi connectivity index (χ4n) is 6.67. The molecule has 4 aromatic carbocycles. The summed E-state index contributed by atoms with van der Waals surface area (Å²) in [6, 6.07) is 34.4. The summed E-state index contributed by atoms with van der Waals surface area (Å²) in [7, 11) is 0. The molecule has 0 unspecified atom stereocenters. The Kier molecular flexibility index (Phi) is 10.2. The number of furan rings is 1. The van der Waals surface area contributed by atoms with Gasteiger partial charge in [-0.15, -0.1) is 0 Å². The minimum Gasteiger partial charge on any atom is -0.456 e. The fraction of sp³-hybridized carbons (Fsp3) is 0.102. The maximum absolute atomic E-state index is 6.32. The number of nitrogens with one attached hydrogen (secondary N) is 1. The molecular formula is C49H43NO. The SMILES string of the molecule is C=C1/C=C\C=C/Cc2ccccc2C(/C=C\c2ccc(C3=C/Cc4ccccc4/C=C\c4oc5ccccc5c4C=C(C)NC/C=C\3)cc2)=C\1C. The summed E-state index contributed by atoms with van der Waals surface area (Å²) < 4.78 is 6.32. The highest BCUT2D eigenvalue weighted by Gasteiger charge is 2.12. The van der Waals surface area contributed by atoms with Crippen molar-refractivity contribution in [3.63, 3.8) is 0 Å². The molecule has 0 radical (unpaired) electrons. The standard InChI is InChI=1S/C49H43NO/c1-35-14-5-4-6-17-43-18-9-10-20-45(43)44(37(35)3)31-25-38-23-26-42(27-24-38)41-19-13-33-50-36(2)34-47-46-21-11-12-22-48(46)51-49(47)32-30-40-16-8-7-15-39(40)28-29-41/h4-16,18-27,29-32,34,50H,1,17,28,33H2,2-3H3/b6-4-,14-5-,19-13-,31-25-,32-30-,36-34?,41-29+,44-37-. The molecular weight excluding hydrogens is 619 g/mol. The zero-order valence-electron chi connectivity index (χ0n) is 29.4. The second-order valence-electron chi connectivity index (χ2n) is 13.1. The highest BCUT2D eigenvalue weighted by Crippen LogP contribution is 2.31. The number of fused-ring (bicyclic) bond motifs is 5. The lowest BCUT2D eigenvalue weighted by molar-refractivity contribution is 0.603. The highest BCUT2D eigenvalue weighted by molar-refractivity contribution is 5.93. The number of rotatable bonds is 3. The van der Waals surface area contributed by atoms with Gasteiger partial charge in [0, 0.05) is 23.2 Å². The molecule has 0 saturated carbocycles. The van der Waals surface area contributed by atoms with Gasteiger partial charge in [0.25, 0.3) is 0 Å². The van der Waals surface area contributed by atoms with Crippen molar-refractivity contribution in [1.82, 2.24) is 5.32 Å². The Hall–Kier alpha value is -6.12. The fourth-order valence-corrected chi connectivity index (χ4v) is 6.67. The van der Waals surface area contributed by atoms with Crippen molar-refractivity contribution in [3.8, 4) is 0 Å². The predicted molar refractivity (Wildman–Crippen MR) is 220 cm³/mol. The van der Waals surface area contributed by atoms with E-state index in [-0.39, 0.29) is 0 Å². The van der Waals surface area contributed by atoms with Gasteiger partial charge in [-0.1, -0.05) is 158 Å². The summed E-state index contributed by atoms with van der Waals surface area (Å²) in [6.07, 6.45) is 27.9. The molecule has 1 aliphatic carbocycles. The summed E-state index contributed by atoms with van der Waals surface area (Å²) >= 11 is 0. The molecule has 2 aliphatic rings. The molecule has 1 aromatic heterocycles. The van der Waals surface area contributed by atoms with Crippen LogP contribution in [0.25, 0.3) is 46.4 Å². The lowest BCUT2D eigenvalue weighted by atomic mass is 9.90. The van der Waals surface area contributed by atoms with E-state index in [1.54, 1.807) is 0 Å². The Morgan fingerprint density at radius 2 is 1.49 bits per heavy atom. The molecule has 2 nitrogen and oxygen atoms in total.